The van der Waals surface area contributed by atoms with E-state index >= 15 is 0 Å². The minimum atomic E-state index is -0.821. The van der Waals surface area contributed by atoms with E-state index in [1.165, 1.54) is 0 Å². The summed E-state index contributed by atoms with van der Waals surface area (Å²) in [5, 5.41) is 19.6. The van der Waals surface area contributed by atoms with Gasteiger partial charge in [0.25, 0.3) is 5.91 Å². The first-order chi connectivity index (χ1) is 11.5. The Kier molecular flexibility index (Phi) is 4.86. The molecular formula is C16H18N4O3S. The zero-order valence-electron chi connectivity index (χ0n) is 13.2. The number of anilines is 1. The number of carbonyl (C=O) groups is 2. The number of nitrogens with one attached hydrogen (secondary N) is 2. The van der Waals surface area contributed by atoms with Crippen molar-refractivity contribution in [3.8, 4) is 0 Å². The van der Waals surface area contributed by atoms with Crippen LogP contribution in [0.3, 0.4) is 0 Å². The van der Waals surface area contributed by atoms with Crippen LogP contribution in [0.25, 0.3) is 0 Å². The van der Waals surface area contributed by atoms with Gasteiger partial charge in [-0.1, -0.05) is 0 Å². The molecule has 0 radical (unpaired) electrons. The Labute approximate surface area is 143 Å². The summed E-state index contributed by atoms with van der Waals surface area (Å²) in [5.41, 5.74) is 1.74. The molecule has 1 unspecified atom stereocenters. The molecule has 3 rings (SSSR count). The smallest absolute Gasteiger partial charge is 0.251 e. The van der Waals surface area contributed by atoms with E-state index in [1.807, 2.05) is 6.07 Å². The molecule has 1 atom stereocenters. The second-order valence-electron chi connectivity index (χ2n) is 5.53. The van der Waals surface area contributed by atoms with Crippen LogP contribution < -0.4 is 10.6 Å². The number of aryl methyl sites for hydroxylation is 1. The van der Waals surface area contributed by atoms with Crippen molar-refractivity contribution >= 4 is 29.3 Å². The molecule has 0 saturated heterocycles. The number of benzene rings is 1. The molecule has 1 aromatic heterocycles. The van der Waals surface area contributed by atoms with Crippen LogP contribution in [-0.2, 0) is 11.8 Å². The van der Waals surface area contributed by atoms with Gasteiger partial charge in [-0.2, -0.15) is 5.10 Å². The fraction of sp³-hybridized carbons (Fsp3) is 0.312. The monoisotopic (exact) mass is 346 g/mol. The summed E-state index contributed by atoms with van der Waals surface area (Å²) in [4.78, 5) is 24.9. The number of amides is 2. The maximum Gasteiger partial charge on any atom is 0.251 e. The lowest BCUT2D eigenvalue weighted by Gasteiger charge is -2.12. The summed E-state index contributed by atoms with van der Waals surface area (Å²) in [5.74, 6) is 0.372. The van der Waals surface area contributed by atoms with Crippen LogP contribution in [-0.4, -0.2) is 39.0 Å². The number of hydrogen-bond donors (Lipinski definition) is 3. The predicted octanol–water partition coefficient (Wildman–Crippen LogP) is 1.32. The highest BCUT2D eigenvalue weighted by Gasteiger charge is 2.17. The van der Waals surface area contributed by atoms with Gasteiger partial charge >= 0.3 is 0 Å². The van der Waals surface area contributed by atoms with E-state index < -0.39 is 6.10 Å². The van der Waals surface area contributed by atoms with Gasteiger partial charge < -0.3 is 15.7 Å². The topological polar surface area (TPSA) is 96.2 Å². The SMILES string of the molecule is Cn1cc(C(O)CNC(=O)c2ccc3c(c2)NC(=O)CCS3)cn1. The highest BCUT2D eigenvalue weighted by atomic mass is 32.2. The van der Waals surface area contributed by atoms with E-state index in [-0.39, 0.29) is 18.4 Å². The zero-order chi connectivity index (χ0) is 17.1. The minimum Gasteiger partial charge on any atom is -0.386 e. The molecule has 126 valence electrons. The summed E-state index contributed by atoms with van der Waals surface area (Å²) in [6, 6.07) is 5.21. The number of hydrogen-bond acceptors (Lipinski definition) is 5. The molecule has 1 aliphatic heterocycles. The molecule has 24 heavy (non-hydrogen) atoms. The van der Waals surface area contributed by atoms with Crippen molar-refractivity contribution in [3.63, 3.8) is 0 Å². The van der Waals surface area contributed by atoms with Gasteiger partial charge in [-0.15, -0.1) is 11.8 Å². The van der Waals surface area contributed by atoms with Gasteiger partial charge in [0, 0.05) is 48.0 Å². The van der Waals surface area contributed by atoms with Crippen molar-refractivity contribution in [1.29, 1.82) is 0 Å². The second kappa shape index (κ2) is 7.06. The Morgan fingerprint density at radius 2 is 2.38 bits per heavy atom. The van der Waals surface area contributed by atoms with Crippen LogP contribution >= 0.6 is 11.8 Å². The van der Waals surface area contributed by atoms with Crippen LogP contribution in [0.2, 0.25) is 0 Å². The first-order valence-corrected chi connectivity index (χ1v) is 8.53. The number of aliphatic hydroxyl groups excluding tert-OH is 1. The van der Waals surface area contributed by atoms with Crippen molar-refractivity contribution < 1.29 is 14.7 Å². The van der Waals surface area contributed by atoms with Crippen molar-refractivity contribution in [3.05, 3.63) is 41.7 Å². The van der Waals surface area contributed by atoms with Crippen LogP contribution in [0.1, 0.15) is 28.4 Å². The van der Waals surface area contributed by atoms with Gasteiger partial charge in [0.1, 0.15) is 0 Å². The Morgan fingerprint density at radius 3 is 3.12 bits per heavy atom. The van der Waals surface area contributed by atoms with E-state index in [1.54, 1.807) is 48.0 Å². The highest BCUT2D eigenvalue weighted by molar-refractivity contribution is 7.99. The average molecular weight is 346 g/mol. The molecule has 0 saturated carbocycles. The van der Waals surface area contributed by atoms with Crippen LogP contribution in [0.15, 0.2) is 35.5 Å². The van der Waals surface area contributed by atoms with E-state index in [9.17, 15) is 14.7 Å². The Morgan fingerprint density at radius 1 is 1.54 bits per heavy atom. The molecule has 7 nitrogen and oxygen atoms in total. The fourth-order valence-corrected chi connectivity index (χ4v) is 3.32. The lowest BCUT2D eigenvalue weighted by Crippen LogP contribution is -2.28. The molecule has 2 amide bonds. The summed E-state index contributed by atoms with van der Waals surface area (Å²) < 4.78 is 1.59. The number of rotatable bonds is 4. The number of carbonyl (C=O) groups excluding carboxylic acids is 2. The largest absolute Gasteiger partial charge is 0.386 e. The number of thioether (sulfide) groups is 1. The maximum absolute atomic E-state index is 12.3. The molecule has 0 fully saturated rings. The third-order valence-electron chi connectivity index (χ3n) is 3.67. The van der Waals surface area contributed by atoms with Crippen molar-refractivity contribution in [2.24, 2.45) is 7.05 Å². The van der Waals surface area contributed by atoms with Crippen LogP contribution in [0, 0.1) is 0 Å². The van der Waals surface area contributed by atoms with Crippen molar-refractivity contribution in [1.82, 2.24) is 15.1 Å². The van der Waals surface area contributed by atoms with Gasteiger partial charge in [-0.25, -0.2) is 0 Å². The molecule has 1 aliphatic rings. The lowest BCUT2D eigenvalue weighted by atomic mass is 10.1. The summed E-state index contributed by atoms with van der Waals surface area (Å²) in [6.07, 6.45) is 2.90. The van der Waals surface area contributed by atoms with Gasteiger partial charge in [0.2, 0.25) is 5.91 Å². The quantitative estimate of drug-likeness (QED) is 0.776. The number of aliphatic hydroxyl groups is 1. The maximum atomic E-state index is 12.3. The van der Waals surface area contributed by atoms with Crippen LogP contribution in [0.5, 0.6) is 0 Å². The number of nitrogens with zero attached hydrogens (tertiary/aromatic N) is 2. The first-order valence-electron chi connectivity index (χ1n) is 7.54. The highest BCUT2D eigenvalue weighted by Crippen LogP contribution is 2.31. The minimum absolute atomic E-state index is 0.0502. The average Bonchev–Trinajstić information content (AvgIpc) is 2.90. The summed E-state index contributed by atoms with van der Waals surface area (Å²) >= 11 is 1.59. The van der Waals surface area contributed by atoms with Crippen LogP contribution in [0.4, 0.5) is 5.69 Å². The lowest BCUT2D eigenvalue weighted by molar-refractivity contribution is -0.115. The van der Waals surface area contributed by atoms with Crippen molar-refractivity contribution in [2.75, 3.05) is 17.6 Å². The molecule has 0 bridgehead atoms. The van der Waals surface area contributed by atoms with Gasteiger partial charge in [0.05, 0.1) is 18.0 Å². The summed E-state index contributed by atoms with van der Waals surface area (Å²) in [6.45, 7) is 0.0860. The van der Waals surface area contributed by atoms with Crippen molar-refractivity contribution in [2.45, 2.75) is 17.4 Å². The zero-order valence-corrected chi connectivity index (χ0v) is 14.0. The standard InChI is InChI=1S/C16H18N4O3S/c1-20-9-11(7-18-20)13(21)8-17-16(23)10-2-3-14-12(6-10)19-15(22)4-5-24-14/h2-3,6-7,9,13,21H,4-5,8H2,1H3,(H,17,23)(H,19,22). The fourth-order valence-electron chi connectivity index (χ4n) is 2.38. The molecule has 2 heterocycles. The van der Waals surface area contributed by atoms with Gasteiger partial charge in [-0.3, -0.25) is 14.3 Å². The van der Waals surface area contributed by atoms with E-state index in [0.717, 1.165) is 10.6 Å². The Hall–Kier alpha value is -2.32. The second-order valence-corrected chi connectivity index (χ2v) is 6.67. The summed E-state index contributed by atoms with van der Waals surface area (Å²) in [7, 11) is 1.76. The molecule has 0 aliphatic carbocycles. The molecule has 3 N–H and O–H groups in total. The van der Waals surface area contributed by atoms with E-state index in [4.69, 9.17) is 0 Å². The molecule has 8 heteroatoms. The normalized spacial score (nSPS) is 15.2. The molecule has 1 aromatic carbocycles. The third kappa shape index (κ3) is 3.77. The third-order valence-corrected chi connectivity index (χ3v) is 4.74. The van der Waals surface area contributed by atoms with E-state index in [0.29, 0.717) is 23.2 Å². The number of fused-ring (bicyclic) bond motifs is 1. The molecule has 2 aromatic rings. The van der Waals surface area contributed by atoms with Gasteiger partial charge in [0.15, 0.2) is 0 Å². The first kappa shape index (κ1) is 16.5. The molecule has 0 spiro atoms. The predicted molar refractivity (Wildman–Crippen MR) is 90.9 cm³/mol. The molecular weight excluding hydrogens is 328 g/mol. The van der Waals surface area contributed by atoms with Gasteiger partial charge in [-0.05, 0) is 18.2 Å². The Balaban J connectivity index is 1.66. The number of aromatic nitrogens is 2. The van der Waals surface area contributed by atoms with E-state index in [2.05, 4.69) is 15.7 Å². The Bertz CT molecular complexity index is 774.